The molecule has 0 spiro atoms. The molecule has 0 bridgehead atoms. The van der Waals surface area contributed by atoms with Crippen molar-refractivity contribution in [2.45, 2.75) is 21.4 Å². The Bertz CT molecular complexity index is 737. The molecule has 126 valence electrons. The molecule has 0 radical (unpaired) electrons. The highest BCUT2D eigenvalue weighted by molar-refractivity contribution is 9.39. The van der Waals surface area contributed by atoms with Crippen molar-refractivity contribution in [3.8, 4) is 0 Å². The molecule has 2 aromatic carbocycles. The number of nitrogens with zero attached hydrogens (tertiary/aromatic N) is 1. The van der Waals surface area contributed by atoms with Gasteiger partial charge in [0.25, 0.3) is 5.69 Å². The van der Waals surface area contributed by atoms with Gasteiger partial charge in [-0.15, -0.1) is 0 Å². The molecule has 2 rings (SSSR count). The molecule has 0 aliphatic carbocycles. The van der Waals surface area contributed by atoms with E-state index in [9.17, 15) is 14.9 Å². The average molecular weight is 520 g/mol. The van der Waals surface area contributed by atoms with Crippen LogP contribution in [0.1, 0.15) is 33.8 Å². The van der Waals surface area contributed by atoms with Gasteiger partial charge >= 0.3 is 0 Å². The van der Waals surface area contributed by atoms with E-state index in [1.807, 2.05) is 31.2 Å². The Labute approximate surface area is 165 Å². The smallest absolute Gasteiger partial charge is 0.269 e. The molecule has 7 heteroatoms. The number of hydrogen-bond donors (Lipinski definition) is 0. The quantitative estimate of drug-likeness (QED) is 0.207. The van der Waals surface area contributed by atoms with Crippen molar-refractivity contribution in [2.75, 3.05) is 0 Å². The highest BCUT2D eigenvalue weighted by Gasteiger charge is 2.34. The summed E-state index contributed by atoms with van der Waals surface area (Å²) in [5.74, 6) is -0.256. The average Bonchev–Trinajstić information content (AvgIpc) is 2.52. The molecule has 0 aliphatic rings. The molecule has 0 amide bonds. The zero-order valence-electron chi connectivity index (χ0n) is 12.7. The Hall–Kier alpha value is -1.05. The summed E-state index contributed by atoms with van der Waals surface area (Å²) in [5, 5.41) is 10.8. The van der Waals surface area contributed by atoms with E-state index in [0.29, 0.717) is 5.56 Å². The highest BCUT2D eigenvalue weighted by Crippen LogP contribution is 2.48. The monoisotopic (exact) mass is 517 g/mol. The third-order valence-corrected chi connectivity index (χ3v) is 5.32. The molecular weight excluding hydrogens is 506 g/mol. The van der Waals surface area contributed by atoms with Crippen LogP contribution in [0.3, 0.4) is 0 Å². The second-order valence-electron chi connectivity index (χ2n) is 5.44. The van der Waals surface area contributed by atoms with Crippen LogP contribution in [-0.2, 0) is 0 Å². The molecule has 1 unspecified atom stereocenters. The maximum atomic E-state index is 12.6. The number of carbonyl (C=O) groups is 1. The van der Waals surface area contributed by atoms with Crippen LogP contribution in [-0.4, -0.2) is 12.8 Å². The van der Waals surface area contributed by atoms with E-state index in [-0.39, 0.29) is 23.8 Å². The second-order valence-corrected chi connectivity index (χ2v) is 12.4. The fourth-order valence-corrected chi connectivity index (χ4v) is 3.57. The predicted molar refractivity (Wildman–Crippen MR) is 105 cm³/mol. The minimum absolute atomic E-state index is 0.000998. The first-order valence-electron chi connectivity index (χ1n) is 7.09. The molecule has 0 N–H and O–H groups in total. The third kappa shape index (κ3) is 4.97. The van der Waals surface area contributed by atoms with Crippen LogP contribution in [0, 0.1) is 17.0 Å². The molecule has 1 atom stereocenters. The van der Waals surface area contributed by atoms with Gasteiger partial charge in [0.1, 0.15) is 2.14 Å². The number of rotatable bonds is 5. The molecule has 0 heterocycles. The van der Waals surface area contributed by atoms with Gasteiger partial charge in [0.15, 0.2) is 5.78 Å². The second kappa shape index (κ2) is 7.89. The van der Waals surface area contributed by atoms with Gasteiger partial charge in [0.05, 0.1) is 4.92 Å². The van der Waals surface area contributed by atoms with Crippen molar-refractivity contribution in [3.05, 3.63) is 75.3 Å². The minimum atomic E-state index is -0.691. The van der Waals surface area contributed by atoms with Crippen molar-refractivity contribution < 1.29 is 9.72 Å². The first kappa shape index (κ1) is 19.3. The van der Waals surface area contributed by atoms with Crippen LogP contribution in [0.2, 0.25) is 0 Å². The normalized spacial score (nSPS) is 12.7. The van der Waals surface area contributed by atoms with Gasteiger partial charge in [-0.05, 0) is 12.5 Å². The molecule has 0 aliphatic heterocycles. The fourth-order valence-electron chi connectivity index (χ4n) is 2.29. The highest BCUT2D eigenvalue weighted by atomic mass is 80.0. The van der Waals surface area contributed by atoms with E-state index in [1.165, 1.54) is 12.1 Å². The van der Waals surface area contributed by atoms with E-state index in [0.717, 1.165) is 11.1 Å². The molecule has 2 aromatic rings. The van der Waals surface area contributed by atoms with Crippen LogP contribution < -0.4 is 0 Å². The number of hydrogen-bond acceptors (Lipinski definition) is 3. The van der Waals surface area contributed by atoms with Crippen molar-refractivity contribution in [3.63, 3.8) is 0 Å². The Balaban J connectivity index is 2.27. The summed E-state index contributed by atoms with van der Waals surface area (Å²) in [7, 11) is 0. The van der Waals surface area contributed by atoms with Crippen molar-refractivity contribution in [1.82, 2.24) is 0 Å². The van der Waals surface area contributed by atoms with Gasteiger partial charge in [-0.2, -0.15) is 0 Å². The lowest BCUT2D eigenvalue weighted by molar-refractivity contribution is -0.384. The first-order chi connectivity index (χ1) is 11.2. The molecule has 24 heavy (non-hydrogen) atoms. The number of Topliss-reactive ketones (excluding diaryl/α,β-unsaturated/α-hetero) is 1. The van der Waals surface area contributed by atoms with Crippen molar-refractivity contribution in [2.24, 2.45) is 0 Å². The number of halogens is 3. The zero-order valence-corrected chi connectivity index (χ0v) is 17.5. The standard InChI is InChI=1S/C17H14Br3NO3/c1-11-2-4-13(5-3-11)16(22)10-15(17(18,19)20)12-6-8-14(9-7-12)21(23)24/h2-9,15H,10H2,1H3. The zero-order chi connectivity index (χ0) is 17.9. The summed E-state index contributed by atoms with van der Waals surface area (Å²) in [6, 6.07) is 13.6. The van der Waals surface area contributed by atoms with E-state index in [1.54, 1.807) is 12.1 Å². The summed E-state index contributed by atoms with van der Waals surface area (Å²) < 4.78 is -0.691. The maximum Gasteiger partial charge on any atom is 0.269 e. The third-order valence-electron chi connectivity index (χ3n) is 3.66. The molecule has 4 nitrogen and oxygen atoms in total. The Morgan fingerprint density at radius 2 is 1.62 bits per heavy atom. The molecular formula is C17H14Br3NO3. The van der Waals surface area contributed by atoms with Gasteiger partial charge in [0.2, 0.25) is 0 Å². The summed E-state index contributed by atoms with van der Waals surface area (Å²) in [6.45, 7) is 1.97. The number of carbonyl (C=O) groups excluding carboxylic acids is 1. The van der Waals surface area contributed by atoms with Gasteiger partial charge in [-0.1, -0.05) is 89.8 Å². The van der Waals surface area contributed by atoms with Crippen LogP contribution >= 0.6 is 47.8 Å². The summed E-state index contributed by atoms with van der Waals surface area (Å²) in [6.07, 6.45) is 0.239. The minimum Gasteiger partial charge on any atom is -0.294 e. The SMILES string of the molecule is Cc1ccc(C(=O)CC(c2ccc([N+](=O)[O-])cc2)C(Br)(Br)Br)cc1. The number of alkyl halides is 3. The molecule has 0 saturated heterocycles. The Morgan fingerprint density at radius 3 is 2.08 bits per heavy atom. The van der Waals surface area contributed by atoms with Crippen LogP contribution in [0.4, 0.5) is 5.69 Å². The number of benzene rings is 2. The van der Waals surface area contributed by atoms with Crippen molar-refractivity contribution >= 4 is 59.3 Å². The van der Waals surface area contributed by atoms with E-state index in [2.05, 4.69) is 47.8 Å². The van der Waals surface area contributed by atoms with Crippen LogP contribution in [0.25, 0.3) is 0 Å². The molecule has 0 fully saturated rings. The Kier molecular flexibility index (Phi) is 6.33. The lowest BCUT2D eigenvalue weighted by Crippen LogP contribution is -2.19. The maximum absolute atomic E-state index is 12.6. The summed E-state index contributed by atoms with van der Waals surface area (Å²) in [4.78, 5) is 22.9. The van der Waals surface area contributed by atoms with E-state index >= 15 is 0 Å². The topological polar surface area (TPSA) is 60.2 Å². The van der Waals surface area contributed by atoms with Crippen molar-refractivity contribution in [1.29, 1.82) is 0 Å². The fraction of sp³-hybridized carbons (Fsp3) is 0.235. The van der Waals surface area contributed by atoms with Gasteiger partial charge in [-0.25, -0.2) is 0 Å². The largest absolute Gasteiger partial charge is 0.294 e. The van der Waals surface area contributed by atoms with Crippen LogP contribution in [0.5, 0.6) is 0 Å². The predicted octanol–water partition coefficient (Wildman–Crippen LogP) is 6.10. The van der Waals surface area contributed by atoms with Gasteiger partial charge < -0.3 is 0 Å². The molecule has 0 aromatic heterocycles. The Morgan fingerprint density at radius 1 is 1.08 bits per heavy atom. The first-order valence-corrected chi connectivity index (χ1v) is 9.47. The summed E-state index contributed by atoms with van der Waals surface area (Å²) >= 11 is 10.5. The number of nitro benzene ring substituents is 1. The molecule has 0 saturated carbocycles. The van der Waals surface area contributed by atoms with Gasteiger partial charge in [-0.3, -0.25) is 14.9 Å². The van der Waals surface area contributed by atoms with Crippen LogP contribution in [0.15, 0.2) is 48.5 Å². The number of ketones is 1. The number of nitro groups is 1. The van der Waals surface area contributed by atoms with E-state index in [4.69, 9.17) is 0 Å². The lowest BCUT2D eigenvalue weighted by atomic mass is 9.92. The van der Waals surface area contributed by atoms with E-state index < -0.39 is 7.07 Å². The lowest BCUT2D eigenvalue weighted by Gasteiger charge is -2.25. The number of non-ortho nitro benzene ring substituents is 1. The number of aryl methyl sites for hydroxylation is 1. The van der Waals surface area contributed by atoms with Gasteiger partial charge in [0, 0.05) is 30.0 Å². The summed E-state index contributed by atoms with van der Waals surface area (Å²) in [5.41, 5.74) is 2.57.